The van der Waals surface area contributed by atoms with Crippen LogP contribution in [0.2, 0.25) is 0 Å². The van der Waals surface area contributed by atoms with Crippen LogP contribution in [0.15, 0.2) is 62.3 Å². The fourth-order valence-corrected chi connectivity index (χ4v) is 3.40. The van der Waals surface area contributed by atoms with E-state index in [4.69, 9.17) is 4.52 Å². The van der Waals surface area contributed by atoms with Crippen LogP contribution in [0.1, 0.15) is 11.5 Å². The Morgan fingerprint density at radius 2 is 1.65 bits per heavy atom. The Bertz CT molecular complexity index is 935. The van der Waals surface area contributed by atoms with E-state index in [1.165, 1.54) is 0 Å². The van der Waals surface area contributed by atoms with E-state index in [9.17, 15) is 4.21 Å². The van der Waals surface area contributed by atoms with Gasteiger partial charge in [-0.1, -0.05) is 22.9 Å². The Kier molecular flexibility index (Phi) is 4.00. The van der Waals surface area contributed by atoms with Gasteiger partial charge >= 0.3 is 0 Å². The summed E-state index contributed by atoms with van der Waals surface area (Å²) in [6.45, 7) is 3.74. The van der Waals surface area contributed by atoms with Gasteiger partial charge in [-0.3, -0.25) is 0 Å². The molecule has 3 rings (SSSR count). The quantitative estimate of drug-likeness (QED) is 0.725. The van der Waals surface area contributed by atoms with Crippen LogP contribution in [0.5, 0.6) is 0 Å². The van der Waals surface area contributed by atoms with Crippen molar-refractivity contribution in [3.63, 3.8) is 0 Å². The van der Waals surface area contributed by atoms with Crippen LogP contribution in [0.3, 0.4) is 0 Å². The molecule has 1 unspecified atom stereocenters. The summed E-state index contributed by atoms with van der Waals surface area (Å²) >= 11 is 0. The second-order valence-electron chi connectivity index (χ2n) is 5.39. The molecule has 0 amide bonds. The largest absolute Gasteiger partial charge is 0.339 e. The van der Waals surface area contributed by atoms with Crippen LogP contribution in [0.4, 0.5) is 5.69 Å². The zero-order chi connectivity index (χ0) is 16.4. The first-order valence-electron chi connectivity index (χ1n) is 7.14. The smallest absolute Gasteiger partial charge is 0.223 e. The molecule has 6 heteroatoms. The summed E-state index contributed by atoms with van der Waals surface area (Å²) in [6, 6.07) is 14.9. The van der Waals surface area contributed by atoms with E-state index in [1.54, 1.807) is 25.3 Å². The summed E-state index contributed by atoms with van der Waals surface area (Å²) in [4.78, 5) is 4.90. The minimum atomic E-state index is -2.48. The van der Waals surface area contributed by atoms with Crippen molar-refractivity contribution in [1.29, 1.82) is 0 Å². The van der Waals surface area contributed by atoms with E-state index in [0.29, 0.717) is 17.4 Å². The molecule has 0 bridgehead atoms. The molecule has 23 heavy (non-hydrogen) atoms. The minimum Gasteiger partial charge on any atom is -0.339 e. The molecule has 0 N–H and O–H groups in total. The molecule has 0 aliphatic rings. The maximum absolute atomic E-state index is 12.8. The van der Waals surface area contributed by atoms with E-state index in [2.05, 4.69) is 14.5 Å². The van der Waals surface area contributed by atoms with Crippen molar-refractivity contribution in [3.8, 4) is 11.4 Å². The average molecular weight is 327 g/mol. The molecule has 5 nitrogen and oxygen atoms in total. The average Bonchev–Trinajstić information content (AvgIpc) is 2.95. The number of aromatic nitrogens is 2. The van der Waals surface area contributed by atoms with E-state index in [1.807, 2.05) is 43.3 Å². The molecule has 0 aliphatic heterocycles. The number of aryl methyl sites for hydroxylation is 2. The van der Waals surface area contributed by atoms with Gasteiger partial charge in [0, 0.05) is 23.6 Å². The van der Waals surface area contributed by atoms with Crippen molar-refractivity contribution < 1.29 is 8.73 Å². The summed E-state index contributed by atoms with van der Waals surface area (Å²) < 4.78 is 22.2. The fourth-order valence-electron chi connectivity index (χ4n) is 2.13. The highest BCUT2D eigenvalue weighted by Crippen LogP contribution is 2.23. The van der Waals surface area contributed by atoms with Crippen molar-refractivity contribution in [3.05, 3.63) is 60.0 Å². The van der Waals surface area contributed by atoms with Crippen molar-refractivity contribution in [2.24, 2.45) is 4.36 Å². The van der Waals surface area contributed by atoms with Gasteiger partial charge < -0.3 is 4.52 Å². The Morgan fingerprint density at radius 1 is 1.00 bits per heavy atom. The van der Waals surface area contributed by atoms with E-state index in [-0.39, 0.29) is 0 Å². The number of benzene rings is 2. The lowest BCUT2D eigenvalue weighted by atomic mass is 10.2. The zero-order valence-electron chi connectivity index (χ0n) is 13.2. The van der Waals surface area contributed by atoms with Gasteiger partial charge in [-0.2, -0.15) is 9.35 Å². The lowest BCUT2D eigenvalue weighted by molar-refractivity contribution is 0.394. The van der Waals surface area contributed by atoms with Crippen LogP contribution in [-0.4, -0.2) is 20.6 Å². The normalized spacial score (nSPS) is 13.5. The number of rotatable bonds is 3. The van der Waals surface area contributed by atoms with Crippen molar-refractivity contribution in [1.82, 2.24) is 10.1 Å². The third-order valence-electron chi connectivity index (χ3n) is 3.39. The van der Waals surface area contributed by atoms with Crippen molar-refractivity contribution in [2.45, 2.75) is 18.7 Å². The maximum atomic E-state index is 12.8. The van der Waals surface area contributed by atoms with Crippen LogP contribution in [0, 0.1) is 13.8 Å². The molecule has 0 spiro atoms. The second-order valence-corrected chi connectivity index (χ2v) is 7.65. The first-order chi connectivity index (χ1) is 10.9. The van der Waals surface area contributed by atoms with Gasteiger partial charge in [-0.15, -0.1) is 0 Å². The van der Waals surface area contributed by atoms with Crippen molar-refractivity contribution >= 4 is 15.4 Å². The topological polar surface area (TPSA) is 68.3 Å². The fraction of sp³-hybridized carbons (Fsp3) is 0.176. The lowest BCUT2D eigenvalue weighted by Crippen LogP contribution is -1.96. The third kappa shape index (κ3) is 3.48. The third-order valence-corrected chi connectivity index (χ3v) is 5.10. The monoisotopic (exact) mass is 327 g/mol. The molecule has 1 aromatic heterocycles. The van der Waals surface area contributed by atoms with E-state index >= 15 is 0 Å². The van der Waals surface area contributed by atoms with Gasteiger partial charge in [0.2, 0.25) is 11.7 Å². The van der Waals surface area contributed by atoms with Gasteiger partial charge in [0.25, 0.3) is 0 Å². The molecule has 3 aromatic rings. The maximum Gasteiger partial charge on any atom is 0.223 e. The summed E-state index contributed by atoms with van der Waals surface area (Å²) in [5.74, 6) is 1.05. The van der Waals surface area contributed by atoms with Crippen LogP contribution in [-0.2, 0) is 9.73 Å². The Balaban J connectivity index is 1.92. The number of hydrogen-bond donors (Lipinski definition) is 0. The number of nitrogens with zero attached hydrogens (tertiary/aromatic N) is 3. The Labute approximate surface area is 135 Å². The highest BCUT2D eigenvalue weighted by molar-refractivity contribution is 7.93. The molecular weight excluding hydrogens is 310 g/mol. The highest BCUT2D eigenvalue weighted by Gasteiger charge is 2.08. The molecule has 1 heterocycles. The first-order valence-corrected chi connectivity index (χ1v) is 9.06. The van der Waals surface area contributed by atoms with Crippen LogP contribution in [0.25, 0.3) is 11.4 Å². The van der Waals surface area contributed by atoms with Crippen molar-refractivity contribution in [2.75, 3.05) is 6.26 Å². The van der Waals surface area contributed by atoms with Crippen LogP contribution < -0.4 is 0 Å². The van der Waals surface area contributed by atoms with Gasteiger partial charge in [-0.25, -0.2) is 4.21 Å². The molecular formula is C17H17N3O2S. The predicted molar refractivity (Wildman–Crippen MR) is 90.1 cm³/mol. The Morgan fingerprint density at radius 3 is 2.22 bits per heavy atom. The molecule has 0 radical (unpaired) electrons. The molecule has 118 valence electrons. The number of hydrogen-bond acceptors (Lipinski definition) is 5. The second kappa shape index (κ2) is 5.96. The standard InChI is InChI=1S/C17H17N3O2S/c1-12-4-10-16(11-5-12)23(3,21)20-15-8-6-14(7-9-15)17-18-13(2)22-19-17/h4-11H,1-3H3. The summed E-state index contributed by atoms with van der Waals surface area (Å²) in [7, 11) is -2.48. The molecule has 0 fully saturated rings. The lowest BCUT2D eigenvalue weighted by Gasteiger charge is -2.05. The SMILES string of the molecule is Cc1ccc(S(C)(=O)=Nc2ccc(-c3noc(C)n3)cc2)cc1. The van der Waals surface area contributed by atoms with Gasteiger partial charge in [0.05, 0.1) is 15.4 Å². The molecule has 0 aliphatic carbocycles. The van der Waals surface area contributed by atoms with E-state index in [0.717, 1.165) is 16.0 Å². The molecule has 0 saturated heterocycles. The van der Waals surface area contributed by atoms with E-state index < -0.39 is 9.73 Å². The summed E-state index contributed by atoms with van der Waals surface area (Å²) in [6.07, 6.45) is 1.65. The summed E-state index contributed by atoms with van der Waals surface area (Å²) in [5.41, 5.74) is 2.62. The van der Waals surface area contributed by atoms with Crippen LogP contribution >= 0.6 is 0 Å². The van der Waals surface area contributed by atoms with Gasteiger partial charge in [-0.05, 0) is 43.3 Å². The zero-order valence-corrected chi connectivity index (χ0v) is 14.0. The molecule has 0 saturated carbocycles. The molecule has 2 aromatic carbocycles. The highest BCUT2D eigenvalue weighted by atomic mass is 32.2. The summed E-state index contributed by atoms with van der Waals surface area (Å²) in [5, 5.41) is 3.87. The molecule has 1 atom stereocenters. The van der Waals surface area contributed by atoms with Gasteiger partial charge in [0.15, 0.2) is 0 Å². The Hall–Kier alpha value is -2.47. The predicted octanol–water partition coefficient (Wildman–Crippen LogP) is 4.14. The minimum absolute atomic E-state index is 0.518. The first kappa shape index (κ1) is 15.4. The van der Waals surface area contributed by atoms with Gasteiger partial charge in [0.1, 0.15) is 0 Å².